The standard InChI is InChI=1S/C12H16ClNO3S2/c1-12(2,11(16)17)7-14-10(15)6-18-5-8-3-4-9(13)19-8/h3-4H,5-7H2,1-2H3,(H,14,15)(H,16,17). The Balaban J connectivity index is 2.23. The first kappa shape index (κ1) is 16.3. The van der Waals surface area contributed by atoms with E-state index in [0.29, 0.717) is 5.75 Å². The van der Waals surface area contributed by atoms with Gasteiger partial charge in [-0.05, 0) is 26.0 Å². The molecular weight excluding hydrogens is 306 g/mol. The van der Waals surface area contributed by atoms with Gasteiger partial charge in [0.25, 0.3) is 0 Å². The van der Waals surface area contributed by atoms with Crippen LogP contribution in [0.5, 0.6) is 0 Å². The van der Waals surface area contributed by atoms with Crippen molar-refractivity contribution in [2.24, 2.45) is 5.41 Å². The lowest BCUT2D eigenvalue weighted by Gasteiger charge is -2.19. The zero-order valence-electron chi connectivity index (χ0n) is 10.7. The molecule has 0 bridgehead atoms. The quantitative estimate of drug-likeness (QED) is 0.810. The molecule has 0 fully saturated rings. The highest BCUT2D eigenvalue weighted by Gasteiger charge is 2.27. The Labute approximate surface area is 125 Å². The molecule has 0 saturated carbocycles. The zero-order valence-corrected chi connectivity index (χ0v) is 13.1. The Morgan fingerprint density at radius 2 is 2.16 bits per heavy atom. The van der Waals surface area contributed by atoms with E-state index in [0.717, 1.165) is 15.0 Å². The summed E-state index contributed by atoms with van der Waals surface area (Å²) < 4.78 is 0.739. The van der Waals surface area contributed by atoms with Gasteiger partial charge >= 0.3 is 5.97 Å². The molecule has 0 radical (unpaired) electrons. The Hall–Kier alpha value is -0.720. The van der Waals surface area contributed by atoms with Gasteiger partial charge in [0.1, 0.15) is 0 Å². The minimum Gasteiger partial charge on any atom is -0.481 e. The van der Waals surface area contributed by atoms with Crippen LogP contribution in [0.25, 0.3) is 0 Å². The first-order valence-corrected chi connectivity index (χ1v) is 7.98. The molecule has 106 valence electrons. The maximum atomic E-state index is 11.6. The third kappa shape index (κ3) is 5.84. The van der Waals surface area contributed by atoms with Crippen LogP contribution in [0.4, 0.5) is 0 Å². The second kappa shape index (κ2) is 7.17. The molecule has 1 heterocycles. The van der Waals surface area contributed by atoms with Crippen molar-refractivity contribution in [2.45, 2.75) is 19.6 Å². The van der Waals surface area contributed by atoms with E-state index >= 15 is 0 Å². The van der Waals surface area contributed by atoms with Crippen LogP contribution in [-0.2, 0) is 15.3 Å². The van der Waals surface area contributed by atoms with Crippen molar-refractivity contribution >= 4 is 46.6 Å². The summed E-state index contributed by atoms with van der Waals surface area (Å²) in [6.45, 7) is 3.29. The van der Waals surface area contributed by atoms with Gasteiger partial charge in [-0.15, -0.1) is 23.1 Å². The van der Waals surface area contributed by atoms with E-state index in [-0.39, 0.29) is 12.5 Å². The highest BCUT2D eigenvalue weighted by atomic mass is 35.5. The molecule has 1 rings (SSSR count). The average Bonchev–Trinajstić information content (AvgIpc) is 2.72. The molecule has 0 aliphatic heterocycles. The summed E-state index contributed by atoms with van der Waals surface area (Å²) in [5.74, 6) is -0.0334. The lowest BCUT2D eigenvalue weighted by molar-refractivity contribution is -0.146. The van der Waals surface area contributed by atoms with Gasteiger partial charge in [0.15, 0.2) is 0 Å². The monoisotopic (exact) mass is 321 g/mol. The SMILES string of the molecule is CC(C)(CNC(=O)CSCc1ccc(Cl)s1)C(=O)O. The average molecular weight is 322 g/mol. The van der Waals surface area contributed by atoms with Crippen LogP contribution in [0.2, 0.25) is 4.34 Å². The van der Waals surface area contributed by atoms with Crippen molar-refractivity contribution in [3.8, 4) is 0 Å². The van der Waals surface area contributed by atoms with Gasteiger partial charge in [0.2, 0.25) is 5.91 Å². The highest BCUT2D eigenvalue weighted by Crippen LogP contribution is 2.25. The number of halogens is 1. The fraction of sp³-hybridized carbons (Fsp3) is 0.500. The summed E-state index contributed by atoms with van der Waals surface area (Å²) in [7, 11) is 0. The van der Waals surface area contributed by atoms with Gasteiger partial charge in [-0.3, -0.25) is 9.59 Å². The minimum atomic E-state index is -0.943. The van der Waals surface area contributed by atoms with E-state index in [1.54, 1.807) is 13.8 Å². The Morgan fingerprint density at radius 3 is 2.68 bits per heavy atom. The smallest absolute Gasteiger partial charge is 0.310 e. The number of hydrogen-bond acceptors (Lipinski definition) is 4. The third-order valence-electron chi connectivity index (χ3n) is 2.41. The molecule has 0 atom stereocenters. The first-order valence-electron chi connectivity index (χ1n) is 5.63. The summed E-state index contributed by atoms with van der Waals surface area (Å²) in [6, 6.07) is 3.77. The molecule has 0 unspecified atom stereocenters. The molecule has 7 heteroatoms. The Morgan fingerprint density at radius 1 is 1.47 bits per heavy atom. The number of nitrogens with one attached hydrogen (secondary N) is 1. The number of carbonyl (C=O) groups excluding carboxylic acids is 1. The van der Waals surface area contributed by atoms with Gasteiger partial charge < -0.3 is 10.4 Å². The molecule has 0 aliphatic rings. The van der Waals surface area contributed by atoms with E-state index in [2.05, 4.69) is 5.32 Å². The molecule has 4 nitrogen and oxygen atoms in total. The fourth-order valence-corrected chi connectivity index (χ4v) is 3.18. The maximum Gasteiger partial charge on any atom is 0.310 e. The van der Waals surface area contributed by atoms with Crippen molar-refractivity contribution in [3.05, 3.63) is 21.3 Å². The normalized spacial score (nSPS) is 11.3. The number of carboxylic acid groups (broad SMARTS) is 1. The largest absolute Gasteiger partial charge is 0.481 e. The van der Waals surface area contributed by atoms with Crippen molar-refractivity contribution in [1.29, 1.82) is 0 Å². The number of thioether (sulfide) groups is 1. The van der Waals surface area contributed by atoms with Gasteiger partial charge in [-0.1, -0.05) is 11.6 Å². The summed E-state index contributed by atoms with van der Waals surface area (Å²) in [4.78, 5) is 23.5. The number of thiophene rings is 1. The predicted molar refractivity (Wildman–Crippen MR) is 79.9 cm³/mol. The van der Waals surface area contributed by atoms with E-state index in [9.17, 15) is 9.59 Å². The van der Waals surface area contributed by atoms with Crippen LogP contribution in [0, 0.1) is 5.41 Å². The first-order chi connectivity index (χ1) is 8.81. The number of amides is 1. The third-order valence-corrected chi connectivity index (χ3v) is 4.81. The summed E-state index contributed by atoms with van der Waals surface area (Å²) in [5, 5.41) is 11.5. The number of carbonyl (C=O) groups is 2. The maximum absolute atomic E-state index is 11.6. The molecule has 0 aliphatic carbocycles. The van der Waals surface area contributed by atoms with Crippen LogP contribution < -0.4 is 5.32 Å². The van der Waals surface area contributed by atoms with Gasteiger partial charge in [0.05, 0.1) is 15.5 Å². The molecule has 1 amide bonds. The van der Waals surface area contributed by atoms with E-state index < -0.39 is 11.4 Å². The fourth-order valence-electron chi connectivity index (χ4n) is 1.12. The Kier molecular flexibility index (Phi) is 6.16. The van der Waals surface area contributed by atoms with E-state index in [4.69, 9.17) is 16.7 Å². The molecule has 1 aromatic heterocycles. The predicted octanol–water partition coefficient (Wildman–Crippen LogP) is 2.86. The minimum absolute atomic E-state index is 0.132. The molecule has 0 saturated heterocycles. The van der Waals surface area contributed by atoms with Crippen LogP contribution >= 0.6 is 34.7 Å². The van der Waals surface area contributed by atoms with E-state index in [1.165, 1.54) is 23.1 Å². The Bertz CT molecular complexity index is 460. The number of carboxylic acids is 1. The van der Waals surface area contributed by atoms with Crippen LogP contribution in [0.15, 0.2) is 12.1 Å². The van der Waals surface area contributed by atoms with Crippen molar-refractivity contribution in [2.75, 3.05) is 12.3 Å². The summed E-state index contributed by atoms with van der Waals surface area (Å²) in [5.41, 5.74) is -0.943. The van der Waals surface area contributed by atoms with Crippen molar-refractivity contribution in [3.63, 3.8) is 0 Å². The molecule has 19 heavy (non-hydrogen) atoms. The van der Waals surface area contributed by atoms with Gasteiger partial charge in [0, 0.05) is 17.2 Å². The second-order valence-corrected chi connectivity index (χ2v) is 7.45. The molecule has 2 N–H and O–H groups in total. The van der Waals surface area contributed by atoms with E-state index in [1.807, 2.05) is 12.1 Å². The molecular formula is C12H16ClNO3S2. The topological polar surface area (TPSA) is 66.4 Å². The molecule has 0 spiro atoms. The van der Waals surface area contributed by atoms with Crippen molar-refractivity contribution < 1.29 is 14.7 Å². The summed E-state index contributed by atoms with van der Waals surface area (Å²) in [6.07, 6.45) is 0. The van der Waals surface area contributed by atoms with Crippen molar-refractivity contribution in [1.82, 2.24) is 5.32 Å². The number of hydrogen-bond donors (Lipinski definition) is 2. The molecule has 1 aromatic rings. The highest BCUT2D eigenvalue weighted by molar-refractivity contribution is 7.99. The number of aliphatic carboxylic acids is 1. The molecule has 0 aromatic carbocycles. The second-order valence-electron chi connectivity index (χ2n) is 4.66. The summed E-state index contributed by atoms with van der Waals surface area (Å²) >= 11 is 8.78. The van der Waals surface area contributed by atoms with Crippen LogP contribution in [0.3, 0.4) is 0 Å². The van der Waals surface area contributed by atoms with Crippen LogP contribution in [-0.4, -0.2) is 29.3 Å². The zero-order chi connectivity index (χ0) is 14.5. The van der Waals surface area contributed by atoms with Gasteiger partial charge in [-0.2, -0.15) is 0 Å². The lowest BCUT2D eigenvalue weighted by atomic mass is 9.94. The number of rotatable bonds is 7. The van der Waals surface area contributed by atoms with Crippen LogP contribution in [0.1, 0.15) is 18.7 Å². The lowest BCUT2D eigenvalue weighted by Crippen LogP contribution is -2.39. The van der Waals surface area contributed by atoms with Gasteiger partial charge in [-0.25, -0.2) is 0 Å².